The van der Waals surface area contributed by atoms with E-state index in [-0.39, 0.29) is 5.97 Å². The summed E-state index contributed by atoms with van der Waals surface area (Å²) in [5.74, 6) is 0.270. The van der Waals surface area contributed by atoms with Crippen LogP contribution in [0.2, 0.25) is 0 Å². The van der Waals surface area contributed by atoms with Gasteiger partial charge in [0.1, 0.15) is 9.33 Å². The standard InChI is InChI=1S/C10H7I3O2/c1-6-2-4-7(5-3-6)15-10(14)8(11)9(12)13/h2-5H,1H3. The maximum atomic E-state index is 11.5. The molecule has 1 rings (SSSR count). The van der Waals surface area contributed by atoms with Crippen LogP contribution >= 0.6 is 67.8 Å². The average Bonchev–Trinajstić information content (AvgIpc) is 2.20. The number of carbonyl (C=O) groups is 1. The highest BCUT2D eigenvalue weighted by atomic mass is 127. The molecule has 0 aliphatic rings. The Morgan fingerprint density at radius 3 is 2.13 bits per heavy atom. The summed E-state index contributed by atoms with van der Waals surface area (Å²) in [4.78, 5) is 11.5. The molecule has 0 aromatic heterocycles. The molecule has 0 saturated heterocycles. The zero-order chi connectivity index (χ0) is 11.4. The molecule has 0 unspecified atom stereocenters. The fourth-order valence-electron chi connectivity index (χ4n) is 0.835. The monoisotopic (exact) mass is 540 g/mol. The first kappa shape index (κ1) is 13.7. The van der Waals surface area contributed by atoms with Gasteiger partial charge in [-0.05, 0) is 86.8 Å². The van der Waals surface area contributed by atoms with Crippen LogP contribution in [-0.4, -0.2) is 5.97 Å². The van der Waals surface area contributed by atoms with Crippen LogP contribution in [-0.2, 0) is 4.79 Å². The second kappa shape index (κ2) is 6.38. The molecule has 5 heteroatoms. The lowest BCUT2D eigenvalue weighted by molar-refractivity contribution is -0.129. The van der Waals surface area contributed by atoms with Gasteiger partial charge in [0.05, 0.1) is 1.59 Å². The minimum absolute atomic E-state index is 0.307. The van der Waals surface area contributed by atoms with Crippen molar-refractivity contribution in [2.45, 2.75) is 6.92 Å². The van der Waals surface area contributed by atoms with E-state index >= 15 is 0 Å². The molecule has 0 atom stereocenters. The van der Waals surface area contributed by atoms with Crippen molar-refractivity contribution >= 4 is 73.7 Å². The van der Waals surface area contributed by atoms with E-state index in [1.807, 2.05) is 41.6 Å². The van der Waals surface area contributed by atoms with E-state index in [1.165, 1.54) is 0 Å². The van der Waals surface area contributed by atoms with E-state index < -0.39 is 0 Å². The minimum atomic E-state index is -0.307. The van der Waals surface area contributed by atoms with Crippen molar-refractivity contribution in [3.63, 3.8) is 0 Å². The Kier molecular flexibility index (Phi) is 5.82. The quantitative estimate of drug-likeness (QED) is 0.241. The SMILES string of the molecule is Cc1ccc(OC(=O)C(I)=C(I)I)cc1. The summed E-state index contributed by atoms with van der Waals surface area (Å²) < 4.78 is 6.69. The Labute approximate surface area is 129 Å². The lowest BCUT2D eigenvalue weighted by atomic mass is 10.2. The van der Waals surface area contributed by atoms with Gasteiger partial charge in [0.25, 0.3) is 0 Å². The molecule has 1 aromatic carbocycles. The molecule has 0 N–H and O–H groups in total. The molecule has 0 saturated carbocycles. The van der Waals surface area contributed by atoms with Crippen molar-refractivity contribution in [2.75, 3.05) is 0 Å². The lowest BCUT2D eigenvalue weighted by Crippen LogP contribution is -2.07. The number of hydrogen-bond donors (Lipinski definition) is 0. The van der Waals surface area contributed by atoms with Crippen molar-refractivity contribution < 1.29 is 9.53 Å². The Balaban J connectivity index is 2.75. The van der Waals surface area contributed by atoms with Gasteiger partial charge in [-0.3, -0.25) is 0 Å². The van der Waals surface area contributed by atoms with Crippen LogP contribution in [0.4, 0.5) is 0 Å². The van der Waals surface area contributed by atoms with Gasteiger partial charge >= 0.3 is 5.97 Å². The van der Waals surface area contributed by atoms with Gasteiger partial charge in [-0.2, -0.15) is 0 Å². The van der Waals surface area contributed by atoms with Crippen LogP contribution in [0.5, 0.6) is 5.75 Å². The van der Waals surface area contributed by atoms with Crippen LogP contribution in [0.25, 0.3) is 0 Å². The topological polar surface area (TPSA) is 26.3 Å². The van der Waals surface area contributed by atoms with Crippen LogP contribution in [0.15, 0.2) is 29.4 Å². The number of carbonyl (C=O) groups excluding carboxylic acids is 1. The summed E-state index contributed by atoms with van der Waals surface area (Å²) in [5, 5.41) is 0. The summed E-state index contributed by atoms with van der Waals surface area (Å²) in [7, 11) is 0. The molecule has 0 aliphatic heterocycles. The summed E-state index contributed by atoms with van der Waals surface area (Å²) in [6, 6.07) is 7.40. The maximum Gasteiger partial charge on any atom is 0.351 e. The summed E-state index contributed by atoms with van der Waals surface area (Å²) in [5.41, 5.74) is 1.14. The van der Waals surface area contributed by atoms with Crippen LogP contribution < -0.4 is 4.74 Å². The van der Waals surface area contributed by atoms with Crippen molar-refractivity contribution in [3.8, 4) is 5.75 Å². The molecule has 0 amide bonds. The smallest absolute Gasteiger partial charge is 0.351 e. The molecule has 0 aliphatic carbocycles. The highest BCUT2D eigenvalue weighted by Gasteiger charge is 2.11. The van der Waals surface area contributed by atoms with Gasteiger partial charge < -0.3 is 4.74 Å². The number of halogens is 3. The van der Waals surface area contributed by atoms with Crippen LogP contribution in [0.3, 0.4) is 0 Å². The molecule has 15 heavy (non-hydrogen) atoms. The second-order valence-corrected chi connectivity index (χ2v) is 8.08. The van der Waals surface area contributed by atoms with Crippen molar-refractivity contribution in [1.82, 2.24) is 0 Å². The molecular formula is C10H7I3O2. The predicted molar refractivity (Wildman–Crippen MR) is 85.9 cm³/mol. The Morgan fingerprint density at radius 1 is 1.13 bits per heavy atom. The highest BCUT2D eigenvalue weighted by molar-refractivity contribution is 14.2. The van der Waals surface area contributed by atoms with Gasteiger partial charge in [-0.1, -0.05) is 17.7 Å². The number of aryl methyl sites for hydroxylation is 1. The number of esters is 1. The Hall–Kier alpha value is 0.620. The van der Waals surface area contributed by atoms with E-state index in [9.17, 15) is 4.79 Å². The first-order valence-electron chi connectivity index (χ1n) is 4.00. The third-order valence-electron chi connectivity index (χ3n) is 1.58. The van der Waals surface area contributed by atoms with Crippen LogP contribution in [0.1, 0.15) is 5.56 Å². The molecule has 0 spiro atoms. The Bertz CT molecular complexity index is 392. The van der Waals surface area contributed by atoms with Crippen molar-refractivity contribution in [1.29, 1.82) is 0 Å². The zero-order valence-electron chi connectivity index (χ0n) is 7.76. The van der Waals surface area contributed by atoms with Gasteiger partial charge in [0.15, 0.2) is 0 Å². The summed E-state index contributed by atoms with van der Waals surface area (Å²) in [6.45, 7) is 1.99. The predicted octanol–water partition coefficient (Wildman–Crippen LogP) is 4.37. The second-order valence-electron chi connectivity index (χ2n) is 2.78. The Morgan fingerprint density at radius 2 is 1.67 bits per heavy atom. The zero-order valence-corrected chi connectivity index (χ0v) is 14.2. The van der Waals surface area contributed by atoms with E-state index in [2.05, 4.69) is 45.2 Å². The third kappa shape index (κ3) is 4.55. The maximum absolute atomic E-state index is 11.5. The fraction of sp³-hybridized carbons (Fsp3) is 0.100. The minimum Gasteiger partial charge on any atom is -0.423 e. The molecule has 0 radical (unpaired) electrons. The van der Waals surface area contributed by atoms with Gasteiger partial charge in [0, 0.05) is 0 Å². The number of hydrogen-bond acceptors (Lipinski definition) is 2. The van der Waals surface area contributed by atoms with E-state index in [0.29, 0.717) is 9.33 Å². The number of ether oxygens (including phenoxy) is 1. The molecule has 2 nitrogen and oxygen atoms in total. The molecule has 0 fully saturated rings. The van der Waals surface area contributed by atoms with Gasteiger partial charge in [-0.15, -0.1) is 0 Å². The molecule has 0 bridgehead atoms. The van der Waals surface area contributed by atoms with E-state index in [1.54, 1.807) is 12.1 Å². The van der Waals surface area contributed by atoms with E-state index in [0.717, 1.165) is 7.15 Å². The van der Waals surface area contributed by atoms with Crippen LogP contribution in [0, 0.1) is 6.92 Å². The number of benzene rings is 1. The fourth-order valence-corrected chi connectivity index (χ4v) is 1.39. The summed E-state index contributed by atoms with van der Waals surface area (Å²) in [6.07, 6.45) is 0. The first-order valence-corrected chi connectivity index (χ1v) is 7.24. The number of rotatable bonds is 2. The highest BCUT2D eigenvalue weighted by Crippen LogP contribution is 2.26. The molecule has 1 aromatic rings. The normalized spacial score (nSPS) is 9.60. The van der Waals surface area contributed by atoms with Gasteiger partial charge in [-0.25, -0.2) is 4.79 Å². The van der Waals surface area contributed by atoms with Crippen molar-refractivity contribution in [3.05, 3.63) is 35.0 Å². The molecule has 0 heterocycles. The molecule has 80 valence electrons. The largest absolute Gasteiger partial charge is 0.423 e. The first-order chi connectivity index (χ1) is 7.00. The van der Waals surface area contributed by atoms with Crippen molar-refractivity contribution in [2.24, 2.45) is 0 Å². The lowest BCUT2D eigenvalue weighted by Gasteiger charge is -2.03. The third-order valence-corrected chi connectivity index (χ3v) is 5.70. The summed E-state index contributed by atoms with van der Waals surface area (Å²) >= 11 is 6.16. The average molecular weight is 540 g/mol. The molecular weight excluding hydrogens is 533 g/mol. The van der Waals surface area contributed by atoms with Gasteiger partial charge in [0.2, 0.25) is 0 Å². The van der Waals surface area contributed by atoms with E-state index in [4.69, 9.17) is 4.74 Å².